The molecule has 1 fully saturated rings. The minimum Gasteiger partial charge on any atom is -0.396 e. The van der Waals surface area contributed by atoms with Crippen molar-refractivity contribution in [2.75, 3.05) is 6.61 Å². The van der Waals surface area contributed by atoms with Gasteiger partial charge in [-0.15, -0.1) is 0 Å². The van der Waals surface area contributed by atoms with Crippen molar-refractivity contribution in [1.29, 1.82) is 0 Å². The van der Waals surface area contributed by atoms with E-state index >= 15 is 0 Å². The van der Waals surface area contributed by atoms with Gasteiger partial charge in [-0.05, 0) is 42.4 Å². The van der Waals surface area contributed by atoms with Crippen LogP contribution < -0.4 is 0 Å². The highest BCUT2D eigenvalue weighted by Crippen LogP contribution is 2.43. The van der Waals surface area contributed by atoms with E-state index in [2.05, 4.69) is 12.1 Å². The molecule has 0 unspecified atom stereocenters. The van der Waals surface area contributed by atoms with Gasteiger partial charge >= 0.3 is 0 Å². The molecule has 0 spiro atoms. The van der Waals surface area contributed by atoms with E-state index in [0.717, 1.165) is 24.3 Å². The van der Waals surface area contributed by atoms with Gasteiger partial charge in [0.05, 0.1) is 0 Å². The standard InChI is InChI=1S/C12H15ClO/c13-11-4-2-10(3-5-11)8-12(9-14)6-1-7-12/h2-5,14H,1,6-9H2. The maximum atomic E-state index is 9.33. The van der Waals surface area contributed by atoms with Crippen molar-refractivity contribution >= 4 is 11.6 Å². The first-order valence-corrected chi connectivity index (χ1v) is 5.47. The van der Waals surface area contributed by atoms with Gasteiger partial charge in [0.2, 0.25) is 0 Å². The molecular weight excluding hydrogens is 196 g/mol. The zero-order chi connectivity index (χ0) is 10.0. The fourth-order valence-corrected chi connectivity index (χ4v) is 2.23. The van der Waals surface area contributed by atoms with Crippen LogP contribution in [0.5, 0.6) is 0 Å². The highest BCUT2D eigenvalue weighted by Gasteiger charge is 2.36. The Balaban J connectivity index is 2.06. The number of halogens is 1. The van der Waals surface area contributed by atoms with E-state index in [9.17, 15) is 5.11 Å². The third kappa shape index (κ3) is 1.94. The first kappa shape index (κ1) is 10.0. The maximum Gasteiger partial charge on any atom is 0.0490 e. The Kier molecular flexibility index (Phi) is 2.80. The normalized spacial score (nSPS) is 19.0. The lowest BCUT2D eigenvalue weighted by atomic mass is 9.66. The fraction of sp³-hybridized carbons (Fsp3) is 0.500. The summed E-state index contributed by atoms with van der Waals surface area (Å²) in [7, 11) is 0. The minimum atomic E-state index is 0.174. The summed E-state index contributed by atoms with van der Waals surface area (Å²) < 4.78 is 0. The Labute approximate surface area is 89.7 Å². The molecule has 1 aromatic carbocycles. The van der Waals surface area contributed by atoms with Crippen LogP contribution in [0.1, 0.15) is 24.8 Å². The molecule has 0 amide bonds. The molecule has 14 heavy (non-hydrogen) atoms. The summed E-state index contributed by atoms with van der Waals surface area (Å²) in [6, 6.07) is 7.94. The molecule has 0 aromatic heterocycles. The van der Waals surface area contributed by atoms with Crippen LogP contribution in [0.3, 0.4) is 0 Å². The van der Waals surface area contributed by atoms with Crippen LogP contribution >= 0.6 is 11.6 Å². The first-order valence-electron chi connectivity index (χ1n) is 5.09. The molecule has 1 nitrogen and oxygen atoms in total. The van der Waals surface area contributed by atoms with Crippen molar-refractivity contribution in [3.05, 3.63) is 34.9 Å². The SMILES string of the molecule is OCC1(Cc2ccc(Cl)cc2)CCC1. The molecule has 1 N–H and O–H groups in total. The van der Waals surface area contributed by atoms with E-state index in [1.54, 1.807) is 0 Å². The molecule has 0 radical (unpaired) electrons. The second-order valence-electron chi connectivity index (χ2n) is 4.31. The molecule has 1 saturated carbocycles. The van der Waals surface area contributed by atoms with Gasteiger partial charge in [0, 0.05) is 11.6 Å². The quantitative estimate of drug-likeness (QED) is 0.813. The summed E-state index contributed by atoms with van der Waals surface area (Å²) in [4.78, 5) is 0. The second kappa shape index (κ2) is 3.92. The topological polar surface area (TPSA) is 20.2 Å². The zero-order valence-corrected chi connectivity index (χ0v) is 8.93. The summed E-state index contributed by atoms with van der Waals surface area (Å²) >= 11 is 5.82. The smallest absolute Gasteiger partial charge is 0.0490 e. The van der Waals surface area contributed by atoms with Crippen molar-refractivity contribution in [2.24, 2.45) is 5.41 Å². The Morgan fingerprint density at radius 1 is 1.21 bits per heavy atom. The van der Waals surface area contributed by atoms with Gasteiger partial charge in [0.25, 0.3) is 0 Å². The van der Waals surface area contributed by atoms with E-state index in [1.807, 2.05) is 12.1 Å². The molecule has 0 heterocycles. The maximum absolute atomic E-state index is 9.33. The lowest BCUT2D eigenvalue weighted by molar-refractivity contribution is 0.0450. The Morgan fingerprint density at radius 3 is 2.29 bits per heavy atom. The second-order valence-corrected chi connectivity index (χ2v) is 4.75. The van der Waals surface area contributed by atoms with Crippen molar-refractivity contribution in [3.8, 4) is 0 Å². The van der Waals surface area contributed by atoms with Crippen LogP contribution in [0.15, 0.2) is 24.3 Å². The van der Waals surface area contributed by atoms with Crippen molar-refractivity contribution in [3.63, 3.8) is 0 Å². The number of rotatable bonds is 3. The van der Waals surface area contributed by atoms with Crippen LogP contribution in [0, 0.1) is 5.41 Å². The summed E-state index contributed by atoms with van der Waals surface area (Å²) in [5, 5.41) is 10.1. The Morgan fingerprint density at radius 2 is 1.86 bits per heavy atom. The Bertz CT molecular complexity index is 295. The van der Waals surface area contributed by atoms with Crippen LogP contribution in [-0.2, 0) is 6.42 Å². The predicted molar refractivity (Wildman–Crippen MR) is 58.5 cm³/mol. The molecule has 76 valence electrons. The van der Waals surface area contributed by atoms with Gasteiger partial charge in [-0.3, -0.25) is 0 Å². The van der Waals surface area contributed by atoms with Crippen molar-refractivity contribution in [1.82, 2.24) is 0 Å². The van der Waals surface area contributed by atoms with Gasteiger partial charge in [0.15, 0.2) is 0 Å². The lowest BCUT2D eigenvalue weighted by Gasteiger charge is -2.40. The molecule has 0 aliphatic heterocycles. The summed E-state index contributed by atoms with van der Waals surface area (Å²) in [6.07, 6.45) is 4.56. The van der Waals surface area contributed by atoms with Crippen molar-refractivity contribution in [2.45, 2.75) is 25.7 Å². The highest BCUT2D eigenvalue weighted by molar-refractivity contribution is 6.30. The minimum absolute atomic E-state index is 0.174. The number of hydrogen-bond acceptors (Lipinski definition) is 1. The summed E-state index contributed by atoms with van der Waals surface area (Å²) in [5.74, 6) is 0. The summed E-state index contributed by atoms with van der Waals surface area (Å²) in [6.45, 7) is 0.315. The Hall–Kier alpha value is -0.530. The van der Waals surface area contributed by atoms with E-state index in [4.69, 9.17) is 11.6 Å². The molecule has 2 rings (SSSR count). The average Bonchev–Trinajstić information content (AvgIpc) is 2.15. The molecule has 1 aliphatic carbocycles. The van der Waals surface area contributed by atoms with E-state index in [-0.39, 0.29) is 5.41 Å². The van der Waals surface area contributed by atoms with Gasteiger partial charge in [-0.1, -0.05) is 30.2 Å². The highest BCUT2D eigenvalue weighted by atomic mass is 35.5. The van der Waals surface area contributed by atoms with Crippen LogP contribution in [0.25, 0.3) is 0 Å². The lowest BCUT2D eigenvalue weighted by Crippen LogP contribution is -2.35. The van der Waals surface area contributed by atoms with E-state index < -0.39 is 0 Å². The molecule has 0 bridgehead atoms. The van der Waals surface area contributed by atoms with E-state index in [1.165, 1.54) is 12.0 Å². The van der Waals surface area contributed by atoms with Gasteiger partial charge < -0.3 is 5.11 Å². The largest absolute Gasteiger partial charge is 0.396 e. The number of aliphatic hydroxyl groups excluding tert-OH is 1. The molecule has 0 atom stereocenters. The summed E-state index contributed by atoms with van der Waals surface area (Å²) in [5.41, 5.74) is 1.46. The molecule has 2 heteroatoms. The van der Waals surface area contributed by atoms with Crippen molar-refractivity contribution < 1.29 is 5.11 Å². The van der Waals surface area contributed by atoms with Gasteiger partial charge in [0.1, 0.15) is 0 Å². The number of benzene rings is 1. The first-order chi connectivity index (χ1) is 6.74. The third-order valence-electron chi connectivity index (χ3n) is 3.24. The molecular formula is C12H15ClO. The van der Waals surface area contributed by atoms with Crippen LogP contribution in [-0.4, -0.2) is 11.7 Å². The van der Waals surface area contributed by atoms with Gasteiger partial charge in [-0.2, -0.15) is 0 Å². The number of hydrogen-bond donors (Lipinski definition) is 1. The molecule has 1 aliphatic rings. The third-order valence-corrected chi connectivity index (χ3v) is 3.49. The van der Waals surface area contributed by atoms with Crippen LogP contribution in [0.4, 0.5) is 0 Å². The average molecular weight is 211 g/mol. The van der Waals surface area contributed by atoms with Gasteiger partial charge in [-0.25, -0.2) is 0 Å². The van der Waals surface area contributed by atoms with E-state index in [0.29, 0.717) is 6.61 Å². The zero-order valence-electron chi connectivity index (χ0n) is 8.17. The molecule has 1 aromatic rings. The number of aliphatic hydroxyl groups is 1. The monoisotopic (exact) mass is 210 g/mol. The fourth-order valence-electron chi connectivity index (χ4n) is 2.10. The van der Waals surface area contributed by atoms with Crippen LogP contribution in [0.2, 0.25) is 5.02 Å². The predicted octanol–water partition coefficient (Wildman–Crippen LogP) is 3.05. The molecule has 0 saturated heterocycles.